The molecule has 0 aliphatic heterocycles. The van der Waals surface area contributed by atoms with Gasteiger partial charge in [0.15, 0.2) is 0 Å². The van der Waals surface area contributed by atoms with Crippen LogP contribution in [0.5, 0.6) is 5.75 Å². The summed E-state index contributed by atoms with van der Waals surface area (Å²) in [6, 6.07) is 10.1. The number of nitrogens with zero attached hydrogens (tertiary/aromatic N) is 2. The molecule has 0 heterocycles. The number of rotatable bonds is 5. The van der Waals surface area contributed by atoms with Crippen molar-refractivity contribution < 1.29 is 30.7 Å². The second-order valence-corrected chi connectivity index (χ2v) is 9.37. The van der Waals surface area contributed by atoms with E-state index in [-0.39, 0.29) is 26.8 Å². The molecule has 0 bridgehead atoms. The first-order chi connectivity index (χ1) is 13.9. The zero-order chi connectivity index (χ0) is 22.3. The summed E-state index contributed by atoms with van der Waals surface area (Å²) in [6.45, 7) is 3.30. The quantitative estimate of drug-likeness (QED) is 0.434. The molecule has 0 aromatic heterocycles. The van der Waals surface area contributed by atoms with Crippen LogP contribution in [0.2, 0.25) is 0 Å². The average molecular weight is 450 g/mol. The smallest absolute Gasteiger partial charge is 0.294 e. The summed E-state index contributed by atoms with van der Waals surface area (Å²) >= 11 is 0. The maximum atomic E-state index is 11.5. The van der Waals surface area contributed by atoms with Crippen LogP contribution in [-0.2, 0) is 20.2 Å². The molecular weight excluding hydrogens is 432 g/mol. The number of aryl methyl sites for hydroxylation is 2. The van der Waals surface area contributed by atoms with Crippen molar-refractivity contribution in [3.63, 3.8) is 0 Å². The molecule has 0 fully saturated rings. The van der Waals surface area contributed by atoms with E-state index in [1.165, 1.54) is 38.3 Å². The standard InChI is InChI=1S/C19H18N2O7S2/c1-11-4-5-13-9-14(29(22,23)24)6-7-15(13)19(11)21-20-16-8-12(2)18(30(25,26)27)10-17(16)28-3/h4-10H,1-3H3,(H,22,23,24)(H,25,26,27)/b21-20+. The Balaban J connectivity index is 2.14. The Morgan fingerprint density at radius 2 is 1.53 bits per heavy atom. The van der Waals surface area contributed by atoms with E-state index in [2.05, 4.69) is 10.2 Å². The number of hydrogen-bond donors (Lipinski definition) is 2. The van der Waals surface area contributed by atoms with Gasteiger partial charge in [-0.3, -0.25) is 9.11 Å². The molecule has 0 spiro atoms. The van der Waals surface area contributed by atoms with Crippen molar-refractivity contribution in [2.45, 2.75) is 23.6 Å². The molecule has 3 aromatic rings. The van der Waals surface area contributed by atoms with Crippen LogP contribution < -0.4 is 4.74 Å². The minimum absolute atomic E-state index is 0.100. The van der Waals surface area contributed by atoms with Gasteiger partial charge in [-0.05, 0) is 48.6 Å². The molecule has 0 radical (unpaired) electrons. The first kappa shape index (κ1) is 21.8. The third kappa shape index (κ3) is 4.33. The largest absolute Gasteiger partial charge is 0.494 e. The van der Waals surface area contributed by atoms with Crippen molar-refractivity contribution in [3.8, 4) is 5.75 Å². The molecule has 158 valence electrons. The van der Waals surface area contributed by atoms with Gasteiger partial charge in [-0.2, -0.15) is 16.8 Å². The predicted molar refractivity (Wildman–Crippen MR) is 110 cm³/mol. The topological polar surface area (TPSA) is 143 Å². The van der Waals surface area contributed by atoms with Gasteiger partial charge in [0, 0.05) is 11.5 Å². The Bertz CT molecular complexity index is 1400. The summed E-state index contributed by atoms with van der Waals surface area (Å²) in [5.41, 5.74) is 1.73. The van der Waals surface area contributed by atoms with E-state index >= 15 is 0 Å². The Morgan fingerprint density at radius 3 is 2.13 bits per heavy atom. The molecule has 11 heteroatoms. The lowest BCUT2D eigenvalue weighted by Gasteiger charge is -2.09. The first-order valence-corrected chi connectivity index (χ1v) is 11.4. The highest BCUT2D eigenvalue weighted by molar-refractivity contribution is 7.86. The summed E-state index contributed by atoms with van der Waals surface area (Å²) in [7, 11) is -7.44. The van der Waals surface area contributed by atoms with Crippen LogP contribution in [0.3, 0.4) is 0 Å². The molecule has 9 nitrogen and oxygen atoms in total. The summed E-state index contributed by atoms with van der Waals surface area (Å²) in [6.07, 6.45) is 0. The lowest BCUT2D eigenvalue weighted by Crippen LogP contribution is -2.01. The summed E-state index contributed by atoms with van der Waals surface area (Å²) in [4.78, 5) is -0.530. The van der Waals surface area contributed by atoms with E-state index < -0.39 is 20.2 Å². The van der Waals surface area contributed by atoms with Crippen LogP contribution in [0, 0.1) is 13.8 Å². The van der Waals surface area contributed by atoms with Gasteiger partial charge in [0.2, 0.25) is 0 Å². The molecule has 0 saturated heterocycles. The van der Waals surface area contributed by atoms with E-state index in [4.69, 9.17) is 4.74 Å². The van der Waals surface area contributed by atoms with Gasteiger partial charge in [0.1, 0.15) is 16.3 Å². The second kappa shape index (κ2) is 7.76. The number of hydrogen-bond acceptors (Lipinski definition) is 7. The van der Waals surface area contributed by atoms with Crippen molar-refractivity contribution in [3.05, 3.63) is 53.6 Å². The Labute approximate surface area is 173 Å². The van der Waals surface area contributed by atoms with Crippen LogP contribution >= 0.6 is 0 Å². The van der Waals surface area contributed by atoms with E-state index in [1.54, 1.807) is 19.1 Å². The monoisotopic (exact) mass is 450 g/mol. The van der Waals surface area contributed by atoms with Crippen molar-refractivity contribution in [2.75, 3.05) is 7.11 Å². The molecule has 0 amide bonds. The highest BCUT2D eigenvalue weighted by Crippen LogP contribution is 2.36. The van der Waals surface area contributed by atoms with Crippen LogP contribution in [0.4, 0.5) is 11.4 Å². The van der Waals surface area contributed by atoms with Crippen molar-refractivity contribution >= 4 is 42.4 Å². The third-order valence-corrected chi connectivity index (χ3v) is 6.32. The fourth-order valence-corrected chi connectivity index (χ4v) is 4.21. The van der Waals surface area contributed by atoms with Crippen molar-refractivity contribution in [2.24, 2.45) is 10.2 Å². The molecule has 3 rings (SSSR count). The molecule has 0 unspecified atom stereocenters. The zero-order valence-corrected chi connectivity index (χ0v) is 17.8. The lowest BCUT2D eigenvalue weighted by molar-refractivity contribution is 0.413. The van der Waals surface area contributed by atoms with E-state index in [1.807, 2.05) is 0 Å². The van der Waals surface area contributed by atoms with Gasteiger partial charge >= 0.3 is 0 Å². The van der Waals surface area contributed by atoms with E-state index in [9.17, 15) is 25.9 Å². The molecule has 30 heavy (non-hydrogen) atoms. The highest BCUT2D eigenvalue weighted by atomic mass is 32.2. The minimum Gasteiger partial charge on any atom is -0.494 e. The first-order valence-electron chi connectivity index (χ1n) is 8.50. The van der Waals surface area contributed by atoms with Gasteiger partial charge in [0.05, 0.1) is 17.7 Å². The number of fused-ring (bicyclic) bond motifs is 1. The molecule has 0 atom stereocenters. The van der Waals surface area contributed by atoms with E-state index in [0.29, 0.717) is 16.5 Å². The normalized spacial score (nSPS) is 12.6. The molecule has 3 aromatic carbocycles. The second-order valence-electron chi connectivity index (χ2n) is 6.55. The maximum absolute atomic E-state index is 11.5. The number of azo groups is 1. The SMILES string of the molecule is COc1cc(S(=O)(=O)O)c(C)cc1/N=N/c1c(C)ccc2cc(S(=O)(=O)O)ccc12. The molecule has 2 N–H and O–H groups in total. The minimum atomic E-state index is -4.42. The number of ether oxygens (including phenoxy) is 1. The molecule has 0 aliphatic rings. The Morgan fingerprint density at radius 1 is 0.833 bits per heavy atom. The Hall–Kier alpha value is -2.86. The third-order valence-electron chi connectivity index (χ3n) is 4.47. The van der Waals surface area contributed by atoms with Crippen molar-refractivity contribution in [1.82, 2.24) is 0 Å². The zero-order valence-electron chi connectivity index (χ0n) is 16.2. The van der Waals surface area contributed by atoms with Gasteiger partial charge in [-0.25, -0.2) is 0 Å². The van der Waals surface area contributed by atoms with Crippen molar-refractivity contribution in [1.29, 1.82) is 0 Å². The number of benzene rings is 3. The van der Waals surface area contributed by atoms with Crippen LogP contribution in [0.1, 0.15) is 11.1 Å². The lowest BCUT2D eigenvalue weighted by atomic mass is 10.1. The van der Waals surface area contributed by atoms with Gasteiger partial charge in [0.25, 0.3) is 20.2 Å². The summed E-state index contributed by atoms with van der Waals surface area (Å²) < 4.78 is 69.5. The molecule has 0 aliphatic carbocycles. The number of methoxy groups -OCH3 is 1. The van der Waals surface area contributed by atoms with Gasteiger partial charge in [-0.1, -0.05) is 18.2 Å². The van der Waals surface area contributed by atoms with Crippen LogP contribution in [0.25, 0.3) is 10.8 Å². The maximum Gasteiger partial charge on any atom is 0.294 e. The van der Waals surface area contributed by atoms with Gasteiger partial charge in [-0.15, -0.1) is 10.2 Å². The average Bonchev–Trinajstić information content (AvgIpc) is 2.65. The van der Waals surface area contributed by atoms with Crippen LogP contribution in [-0.4, -0.2) is 33.1 Å². The summed E-state index contributed by atoms with van der Waals surface area (Å²) in [5, 5.41) is 9.57. The van der Waals surface area contributed by atoms with Gasteiger partial charge < -0.3 is 4.74 Å². The van der Waals surface area contributed by atoms with Crippen LogP contribution in [0.15, 0.2) is 62.5 Å². The highest BCUT2D eigenvalue weighted by Gasteiger charge is 2.18. The van der Waals surface area contributed by atoms with E-state index in [0.717, 1.165) is 11.6 Å². The summed E-state index contributed by atoms with van der Waals surface area (Å²) in [5.74, 6) is 0.100. The Kier molecular flexibility index (Phi) is 5.65. The molecule has 0 saturated carbocycles. The molecular formula is C19H18N2O7S2. The predicted octanol–water partition coefficient (Wildman–Crippen LogP) is 4.37. The fraction of sp³-hybridized carbons (Fsp3) is 0.158. The fourth-order valence-electron chi connectivity index (χ4n) is 2.97.